The largest absolute Gasteiger partial charge is 0.472 e. The summed E-state index contributed by atoms with van der Waals surface area (Å²) in [6.07, 6.45) is 4.88. The maximum absolute atomic E-state index is 5.77. The molecular weight excluding hydrogens is 202 g/mol. The van der Waals surface area contributed by atoms with Gasteiger partial charge in [0.05, 0.1) is 18.6 Å². The summed E-state index contributed by atoms with van der Waals surface area (Å²) in [6, 6.07) is 2.01. The van der Waals surface area contributed by atoms with Gasteiger partial charge in [-0.1, -0.05) is 13.8 Å². The van der Waals surface area contributed by atoms with Crippen LogP contribution in [-0.2, 0) is 4.74 Å². The molecule has 16 heavy (non-hydrogen) atoms. The van der Waals surface area contributed by atoms with Crippen molar-refractivity contribution >= 4 is 0 Å². The molecule has 1 fully saturated rings. The summed E-state index contributed by atoms with van der Waals surface area (Å²) >= 11 is 0. The van der Waals surface area contributed by atoms with Crippen molar-refractivity contribution in [2.75, 3.05) is 19.7 Å². The van der Waals surface area contributed by atoms with E-state index < -0.39 is 0 Å². The Labute approximate surface area is 97.2 Å². The maximum Gasteiger partial charge on any atom is 0.0960 e. The molecule has 90 valence electrons. The average Bonchev–Trinajstić information content (AvgIpc) is 2.84. The quantitative estimate of drug-likeness (QED) is 0.833. The van der Waals surface area contributed by atoms with E-state index in [1.807, 2.05) is 6.07 Å². The number of furan rings is 1. The lowest BCUT2D eigenvalue weighted by Gasteiger charge is -2.18. The van der Waals surface area contributed by atoms with Crippen molar-refractivity contribution < 1.29 is 9.15 Å². The van der Waals surface area contributed by atoms with Gasteiger partial charge in [-0.2, -0.15) is 0 Å². The molecule has 1 aliphatic heterocycles. The van der Waals surface area contributed by atoms with Gasteiger partial charge >= 0.3 is 0 Å². The predicted octanol–water partition coefficient (Wildman–Crippen LogP) is 2.60. The molecule has 2 rings (SSSR count). The fourth-order valence-electron chi connectivity index (χ4n) is 2.21. The third kappa shape index (κ3) is 2.86. The monoisotopic (exact) mass is 223 g/mol. The number of hydrogen-bond donors (Lipinski definition) is 1. The molecule has 3 heteroatoms. The summed E-state index contributed by atoms with van der Waals surface area (Å²) in [7, 11) is 0. The zero-order chi connectivity index (χ0) is 11.4. The Hall–Kier alpha value is -0.800. The van der Waals surface area contributed by atoms with Crippen LogP contribution in [0.1, 0.15) is 31.9 Å². The Balaban J connectivity index is 1.84. The van der Waals surface area contributed by atoms with Crippen molar-refractivity contribution in [1.82, 2.24) is 5.32 Å². The lowest BCUT2D eigenvalue weighted by Crippen LogP contribution is -2.27. The summed E-state index contributed by atoms with van der Waals surface area (Å²) in [5, 5.41) is 3.51. The van der Waals surface area contributed by atoms with Crippen molar-refractivity contribution in [1.29, 1.82) is 0 Å². The SMILES string of the molecule is CC(C)CNCC1CCOC1c1ccoc1. The topological polar surface area (TPSA) is 34.4 Å². The standard InChI is InChI=1S/C13H21NO2/c1-10(2)7-14-8-11-4-6-16-13(11)12-3-5-15-9-12/h3,5,9-11,13-14H,4,6-8H2,1-2H3. The lowest BCUT2D eigenvalue weighted by atomic mass is 9.97. The highest BCUT2D eigenvalue weighted by Gasteiger charge is 2.29. The molecule has 2 atom stereocenters. The van der Waals surface area contributed by atoms with Crippen LogP contribution in [0.4, 0.5) is 0 Å². The lowest BCUT2D eigenvalue weighted by molar-refractivity contribution is 0.0898. The smallest absolute Gasteiger partial charge is 0.0960 e. The Kier molecular flexibility index (Phi) is 4.02. The molecule has 1 aromatic rings. The highest BCUT2D eigenvalue weighted by Crippen LogP contribution is 2.34. The van der Waals surface area contributed by atoms with Gasteiger partial charge in [0.1, 0.15) is 0 Å². The van der Waals surface area contributed by atoms with E-state index in [4.69, 9.17) is 9.15 Å². The minimum absolute atomic E-state index is 0.221. The Bertz CT molecular complexity index is 295. The average molecular weight is 223 g/mol. The highest BCUT2D eigenvalue weighted by atomic mass is 16.5. The van der Waals surface area contributed by atoms with Crippen LogP contribution in [0.2, 0.25) is 0 Å². The zero-order valence-corrected chi connectivity index (χ0v) is 10.1. The second kappa shape index (κ2) is 5.51. The molecule has 0 amide bonds. The summed E-state index contributed by atoms with van der Waals surface area (Å²) < 4.78 is 10.9. The molecule has 0 aromatic carbocycles. The van der Waals surface area contributed by atoms with Crippen LogP contribution in [0, 0.1) is 11.8 Å². The maximum atomic E-state index is 5.77. The van der Waals surface area contributed by atoms with Crippen molar-refractivity contribution in [2.45, 2.75) is 26.4 Å². The molecule has 1 aromatic heterocycles. The van der Waals surface area contributed by atoms with Gasteiger partial charge in [-0.25, -0.2) is 0 Å². The van der Waals surface area contributed by atoms with Gasteiger partial charge < -0.3 is 14.5 Å². The first kappa shape index (κ1) is 11.7. The molecule has 0 saturated carbocycles. The molecule has 3 nitrogen and oxygen atoms in total. The molecule has 0 bridgehead atoms. The van der Waals surface area contributed by atoms with Gasteiger partial charge in [0.25, 0.3) is 0 Å². The summed E-state index contributed by atoms with van der Waals surface area (Å²) in [4.78, 5) is 0. The fraction of sp³-hybridized carbons (Fsp3) is 0.692. The van der Waals surface area contributed by atoms with Crippen LogP contribution in [0.15, 0.2) is 23.0 Å². The first-order valence-electron chi connectivity index (χ1n) is 6.12. The van der Waals surface area contributed by atoms with Crippen LogP contribution in [-0.4, -0.2) is 19.7 Å². The van der Waals surface area contributed by atoms with E-state index in [0.29, 0.717) is 11.8 Å². The van der Waals surface area contributed by atoms with E-state index in [-0.39, 0.29) is 6.10 Å². The van der Waals surface area contributed by atoms with E-state index in [0.717, 1.165) is 26.1 Å². The van der Waals surface area contributed by atoms with Gasteiger partial charge in [-0.3, -0.25) is 0 Å². The molecule has 0 aliphatic carbocycles. The molecule has 1 N–H and O–H groups in total. The minimum atomic E-state index is 0.221. The van der Waals surface area contributed by atoms with Crippen LogP contribution in [0.25, 0.3) is 0 Å². The van der Waals surface area contributed by atoms with Crippen LogP contribution in [0.3, 0.4) is 0 Å². The van der Waals surface area contributed by atoms with Crippen LogP contribution >= 0.6 is 0 Å². The van der Waals surface area contributed by atoms with E-state index in [1.54, 1.807) is 12.5 Å². The van der Waals surface area contributed by atoms with E-state index in [1.165, 1.54) is 5.56 Å². The molecule has 2 unspecified atom stereocenters. The first-order valence-corrected chi connectivity index (χ1v) is 6.12. The molecule has 2 heterocycles. The zero-order valence-electron chi connectivity index (χ0n) is 10.1. The van der Waals surface area contributed by atoms with Crippen LogP contribution < -0.4 is 5.32 Å². The Morgan fingerprint density at radius 3 is 3.06 bits per heavy atom. The second-order valence-electron chi connectivity index (χ2n) is 4.95. The number of hydrogen-bond acceptors (Lipinski definition) is 3. The third-order valence-electron chi connectivity index (χ3n) is 3.05. The summed E-state index contributed by atoms with van der Waals surface area (Å²) in [6.45, 7) is 7.43. The normalized spacial score (nSPS) is 25.4. The van der Waals surface area contributed by atoms with Crippen LogP contribution in [0.5, 0.6) is 0 Å². The van der Waals surface area contributed by atoms with E-state index in [2.05, 4.69) is 19.2 Å². The van der Waals surface area contributed by atoms with Gasteiger partial charge in [0.2, 0.25) is 0 Å². The Morgan fingerprint density at radius 1 is 1.50 bits per heavy atom. The molecule has 1 aliphatic rings. The number of rotatable bonds is 5. The number of ether oxygens (including phenoxy) is 1. The van der Waals surface area contributed by atoms with E-state index >= 15 is 0 Å². The van der Waals surface area contributed by atoms with Crippen molar-refractivity contribution in [3.63, 3.8) is 0 Å². The summed E-state index contributed by atoms with van der Waals surface area (Å²) in [5.41, 5.74) is 1.17. The van der Waals surface area contributed by atoms with Crippen molar-refractivity contribution in [3.05, 3.63) is 24.2 Å². The molecule has 0 radical (unpaired) electrons. The predicted molar refractivity (Wildman–Crippen MR) is 63.2 cm³/mol. The van der Waals surface area contributed by atoms with Crippen molar-refractivity contribution in [3.8, 4) is 0 Å². The minimum Gasteiger partial charge on any atom is -0.472 e. The third-order valence-corrected chi connectivity index (χ3v) is 3.05. The van der Waals surface area contributed by atoms with Gasteiger partial charge in [0, 0.05) is 24.6 Å². The fourth-order valence-corrected chi connectivity index (χ4v) is 2.21. The van der Waals surface area contributed by atoms with Gasteiger partial charge in [-0.05, 0) is 24.9 Å². The summed E-state index contributed by atoms with van der Waals surface area (Å²) in [5.74, 6) is 1.28. The first-order chi connectivity index (χ1) is 7.77. The molecule has 0 spiro atoms. The number of nitrogens with one attached hydrogen (secondary N) is 1. The highest BCUT2D eigenvalue weighted by molar-refractivity contribution is 5.12. The molecule has 1 saturated heterocycles. The van der Waals surface area contributed by atoms with Gasteiger partial charge in [-0.15, -0.1) is 0 Å². The Morgan fingerprint density at radius 2 is 2.38 bits per heavy atom. The molecular formula is C13H21NO2. The van der Waals surface area contributed by atoms with E-state index in [9.17, 15) is 0 Å². The van der Waals surface area contributed by atoms with Gasteiger partial charge in [0.15, 0.2) is 0 Å². The van der Waals surface area contributed by atoms with Crippen molar-refractivity contribution in [2.24, 2.45) is 11.8 Å². The second-order valence-corrected chi connectivity index (χ2v) is 4.95.